The molecule has 6 aliphatic rings. The van der Waals surface area contributed by atoms with E-state index < -0.39 is 0 Å². The van der Waals surface area contributed by atoms with Crippen molar-refractivity contribution in [3.8, 4) is 33.4 Å². The maximum absolute atomic E-state index is 3.88. The van der Waals surface area contributed by atoms with Gasteiger partial charge in [0.1, 0.15) is 0 Å². The van der Waals surface area contributed by atoms with Crippen molar-refractivity contribution in [2.24, 2.45) is 23.7 Å². The molecule has 4 aromatic carbocycles. The van der Waals surface area contributed by atoms with Gasteiger partial charge in [-0.05, 0) is 39.5 Å². The van der Waals surface area contributed by atoms with Gasteiger partial charge in [0.25, 0.3) is 0 Å². The Labute approximate surface area is 335 Å². The van der Waals surface area contributed by atoms with Gasteiger partial charge in [-0.3, -0.25) is 6.08 Å². The van der Waals surface area contributed by atoms with Crippen LogP contribution in [0.5, 0.6) is 0 Å². The second kappa shape index (κ2) is 16.4. The summed E-state index contributed by atoms with van der Waals surface area (Å²) in [7, 11) is 0. The summed E-state index contributed by atoms with van der Waals surface area (Å²) in [4.78, 5) is 0. The van der Waals surface area contributed by atoms with E-state index in [9.17, 15) is 0 Å². The van der Waals surface area contributed by atoms with Gasteiger partial charge in [-0.25, -0.2) is 12.2 Å². The topological polar surface area (TPSA) is 0 Å². The molecule has 0 spiro atoms. The first-order valence-corrected chi connectivity index (χ1v) is 19.9. The molecule has 0 aromatic heterocycles. The zero-order valence-electron chi connectivity index (χ0n) is 31.3. The Balaban J connectivity index is 0.000000228. The SMILES string of the molecule is CC(C)(C)c1cc2c([c-]c1-c1ccccc1)Cc1cc(-c3ccccc3)c(C(C)(C)C)cc1-2.[C-]1=CC=CC1.[Cl-].[Cl-].[Zr+2]=[C]1C2CC3CC(C2)CC1C3. The van der Waals surface area contributed by atoms with Crippen LogP contribution < -0.4 is 24.8 Å². The predicted molar refractivity (Wildman–Crippen MR) is 205 cm³/mol. The minimum absolute atomic E-state index is 0. The quantitative estimate of drug-likeness (QED) is 0.180. The molecule has 0 radical (unpaired) electrons. The van der Waals surface area contributed by atoms with Gasteiger partial charge in [0.15, 0.2) is 0 Å². The number of hydrogen-bond acceptors (Lipinski definition) is 0. The van der Waals surface area contributed by atoms with Gasteiger partial charge in [0, 0.05) is 0 Å². The van der Waals surface area contributed by atoms with Crippen LogP contribution in [0, 0.1) is 35.8 Å². The molecule has 0 saturated heterocycles. The van der Waals surface area contributed by atoms with Crippen molar-refractivity contribution in [2.75, 3.05) is 0 Å². The van der Waals surface area contributed by atoms with E-state index in [-0.39, 0.29) is 35.6 Å². The van der Waals surface area contributed by atoms with Crippen LogP contribution >= 0.6 is 0 Å². The Bertz CT molecular complexity index is 1740. The molecule has 0 amide bonds. The molecule has 0 aliphatic heterocycles. The van der Waals surface area contributed by atoms with Crippen LogP contribution in [-0.4, -0.2) is 3.21 Å². The summed E-state index contributed by atoms with van der Waals surface area (Å²) in [5.41, 5.74) is 13.5. The second-order valence-electron chi connectivity index (χ2n) is 17.2. The number of hydrogen-bond donors (Lipinski definition) is 0. The molecule has 4 aromatic rings. The van der Waals surface area contributed by atoms with Crippen LogP contribution in [0.25, 0.3) is 33.4 Å². The molecule has 51 heavy (non-hydrogen) atoms. The number of benzene rings is 4. The Kier molecular flexibility index (Phi) is 12.8. The Hall–Kier alpha value is -2.31. The summed E-state index contributed by atoms with van der Waals surface area (Å²) in [5.74, 6) is 4.51. The van der Waals surface area contributed by atoms with E-state index in [0.29, 0.717) is 0 Å². The number of allylic oxidation sites excluding steroid dienone is 4. The van der Waals surface area contributed by atoms with E-state index in [0.717, 1.165) is 36.5 Å². The fourth-order valence-electron chi connectivity index (χ4n) is 9.13. The van der Waals surface area contributed by atoms with E-state index in [4.69, 9.17) is 0 Å². The third-order valence-corrected chi connectivity index (χ3v) is 13.4. The van der Waals surface area contributed by atoms with Crippen molar-refractivity contribution in [2.45, 2.75) is 97.3 Å². The zero-order chi connectivity index (χ0) is 34.3. The molecule has 4 fully saturated rings. The average Bonchev–Trinajstić information content (AvgIpc) is 3.78. The minimum atomic E-state index is 0. The summed E-state index contributed by atoms with van der Waals surface area (Å²) in [6.07, 6.45) is 18.8. The van der Waals surface area contributed by atoms with Crippen molar-refractivity contribution in [3.05, 3.63) is 131 Å². The fraction of sp³-hybridized carbons (Fsp3) is 0.396. The Morgan fingerprint density at radius 1 is 0.627 bits per heavy atom. The van der Waals surface area contributed by atoms with Crippen molar-refractivity contribution in [1.29, 1.82) is 0 Å². The van der Waals surface area contributed by atoms with E-state index in [1.807, 2.05) is 15.4 Å². The molecule has 264 valence electrons. The van der Waals surface area contributed by atoms with Crippen molar-refractivity contribution in [1.82, 2.24) is 0 Å². The van der Waals surface area contributed by atoms with Crippen LogP contribution in [0.4, 0.5) is 0 Å². The molecule has 4 saturated carbocycles. The average molecular weight is 791 g/mol. The van der Waals surface area contributed by atoms with E-state index >= 15 is 0 Å². The predicted octanol–water partition coefficient (Wildman–Crippen LogP) is 6.46. The van der Waals surface area contributed by atoms with Gasteiger partial charge in [-0.2, -0.15) is 6.08 Å². The van der Waals surface area contributed by atoms with Gasteiger partial charge >= 0.3 is 83.2 Å². The maximum atomic E-state index is 3.88. The van der Waals surface area contributed by atoms with Gasteiger partial charge < -0.3 is 24.8 Å². The third-order valence-electron chi connectivity index (χ3n) is 11.4. The van der Waals surface area contributed by atoms with Crippen molar-refractivity contribution >= 4 is 3.21 Å². The zero-order valence-corrected chi connectivity index (χ0v) is 35.2. The normalized spacial score (nSPS) is 21.8. The molecule has 0 unspecified atom stereocenters. The molecule has 0 heterocycles. The number of halogens is 2. The first-order chi connectivity index (χ1) is 23.5. The summed E-state index contributed by atoms with van der Waals surface area (Å²) < 4.78 is 1.96. The first-order valence-electron chi connectivity index (χ1n) is 18.6. The fourth-order valence-corrected chi connectivity index (χ4v) is 10.3. The second-order valence-corrected chi connectivity index (χ2v) is 18.6. The molecule has 10 rings (SSSR count). The van der Waals surface area contributed by atoms with Gasteiger partial charge in [0.05, 0.1) is 0 Å². The Morgan fingerprint density at radius 2 is 1.18 bits per heavy atom. The molecule has 4 bridgehead atoms. The van der Waals surface area contributed by atoms with Crippen LogP contribution in [0.1, 0.15) is 102 Å². The van der Waals surface area contributed by atoms with Crippen LogP contribution in [-0.2, 0) is 41.5 Å². The number of rotatable bonds is 2. The summed E-state index contributed by atoms with van der Waals surface area (Å²) in [6, 6.07) is 32.8. The van der Waals surface area contributed by atoms with E-state index in [1.165, 1.54) is 55.6 Å². The van der Waals surface area contributed by atoms with Gasteiger partial charge in [-0.15, -0.1) is 35.2 Å². The molecule has 0 N–H and O–H groups in total. The van der Waals surface area contributed by atoms with Crippen molar-refractivity contribution < 1.29 is 49.0 Å². The standard InChI is InChI=1S/C33H33.C10H14.C5H5.2ClH.Zr/c1-32(2,3)30-20-26-24(18-28(30)22-13-9-7-10-14-22)17-25-19-29(23-15-11-8-12-16-23)31(21-27(25)26)33(4,5)6;1-7-2-9-4-8(1)5-10(3-7)6-9;1-2-4-5-3-1;;;/h7-16,18,20-21H,17H2,1-6H3;7-10H,1-5H2;1-3H,4H2;2*1H;/q-1;;-1;;;+2/p-2. The first kappa shape index (κ1) is 39.9. The third kappa shape index (κ3) is 8.75. The van der Waals surface area contributed by atoms with Crippen LogP contribution in [0.3, 0.4) is 0 Å². The van der Waals surface area contributed by atoms with E-state index in [2.05, 4.69) is 139 Å². The van der Waals surface area contributed by atoms with Gasteiger partial charge in [-0.1, -0.05) is 131 Å². The summed E-state index contributed by atoms with van der Waals surface area (Å²) in [5, 5.41) is 0. The molecule has 0 nitrogen and oxygen atoms in total. The number of fused-ring (bicyclic) bond motifs is 3. The molecular formula is C48H52Cl2Zr-2. The molecule has 3 heteroatoms. The van der Waals surface area contributed by atoms with Gasteiger partial charge in [0.2, 0.25) is 0 Å². The van der Waals surface area contributed by atoms with Crippen LogP contribution in [0.2, 0.25) is 0 Å². The van der Waals surface area contributed by atoms with E-state index in [1.54, 1.807) is 56.3 Å². The summed E-state index contributed by atoms with van der Waals surface area (Å²) >= 11 is 1.76. The van der Waals surface area contributed by atoms with Crippen molar-refractivity contribution in [3.63, 3.8) is 0 Å². The van der Waals surface area contributed by atoms with Crippen LogP contribution in [0.15, 0.2) is 97.1 Å². The monoisotopic (exact) mass is 788 g/mol. The molecule has 6 aliphatic carbocycles. The molecular weight excluding hydrogens is 739 g/mol. The Morgan fingerprint density at radius 3 is 1.67 bits per heavy atom. The molecule has 0 atom stereocenters. The summed E-state index contributed by atoms with van der Waals surface area (Å²) in [6.45, 7) is 13.9.